The first-order valence-corrected chi connectivity index (χ1v) is 8.20. The summed E-state index contributed by atoms with van der Waals surface area (Å²) in [5, 5.41) is 0.470. The predicted molar refractivity (Wildman–Crippen MR) is 90.4 cm³/mol. The van der Waals surface area contributed by atoms with Crippen molar-refractivity contribution in [2.75, 3.05) is 33.3 Å². The zero-order valence-corrected chi connectivity index (χ0v) is 14.6. The molecule has 2 rings (SSSR count). The Kier molecular flexibility index (Phi) is 6.20. The minimum absolute atomic E-state index is 0.00483. The number of halogens is 1. The molecule has 1 aliphatic heterocycles. The molecule has 0 unspecified atom stereocenters. The van der Waals surface area contributed by atoms with Crippen LogP contribution in [0.15, 0.2) is 18.2 Å². The number of hydrogen-bond acceptors (Lipinski definition) is 4. The summed E-state index contributed by atoms with van der Waals surface area (Å²) in [5.41, 5.74) is 0.418. The maximum absolute atomic E-state index is 12.7. The molecular weight excluding hydrogens is 332 g/mol. The van der Waals surface area contributed by atoms with Crippen LogP contribution in [0.5, 0.6) is 5.75 Å². The summed E-state index contributed by atoms with van der Waals surface area (Å²) in [4.78, 5) is 39.0. The van der Waals surface area contributed by atoms with Crippen molar-refractivity contribution in [2.45, 2.75) is 19.8 Å². The second-order valence-electron chi connectivity index (χ2n) is 5.72. The van der Waals surface area contributed by atoms with Gasteiger partial charge in [0, 0.05) is 44.0 Å². The zero-order valence-electron chi connectivity index (χ0n) is 13.9. The van der Waals surface area contributed by atoms with Crippen molar-refractivity contribution in [1.82, 2.24) is 9.80 Å². The molecule has 1 aromatic rings. The van der Waals surface area contributed by atoms with Gasteiger partial charge in [0.15, 0.2) is 0 Å². The molecule has 2 amide bonds. The highest BCUT2D eigenvalue weighted by Crippen LogP contribution is 2.24. The number of hydrogen-bond donors (Lipinski definition) is 0. The first-order valence-electron chi connectivity index (χ1n) is 7.82. The fourth-order valence-corrected chi connectivity index (χ4v) is 2.79. The lowest BCUT2D eigenvalue weighted by atomic mass is 10.1. The van der Waals surface area contributed by atoms with E-state index in [9.17, 15) is 14.4 Å². The molecule has 0 bridgehead atoms. The van der Waals surface area contributed by atoms with Gasteiger partial charge in [0.05, 0.1) is 12.7 Å². The van der Waals surface area contributed by atoms with E-state index in [1.54, 1.807) is 28.0 Å². The molecule has 130 valence electrons. The van der Waals surface area contributed by atoms with Crippen LogP contribution in [0.4, 0.5) is 0 Å². The first kappa shape index (κ1) is 18.3. The Balaban J connectivity index is 1.97. The van der Waals surface area contributed by atoms with Crippen LogP contribution in [0.1, 0.15) is 30.1 Å². The average molecular weight is 353 g/mol. The maximum atomic E-state index is 12.7. The van der Waals surface area contributed by atoms with E-state index in [0.29, 0.717) is 42.5 Å². The van der Waals surface area contributed by atoms with E-state index in [1.807, 2.05) is 0 Å². The Bertz CT molecular complexity index is 639. The van der Waals surface area contributed by atoms with Gasteiger partial charge in [-0.3, -0.25) is 9.59 Å². The third-order valence-corrected chi connectivity index (χ3v) is 4.24. The topological polar surface area (TPSA) is 66.9 Å². The normalized spacial score (nSPS) is 14.5. The summed E-state index contributed by atoms with van der Waals surface area (Å²) >= 11 is 5.98. The third-order valence-electron chi connectivity index (χ3n) is 4.00. The Morgan fingerprint density at radius 2 is 1.71 bits per heavy atom. The fraction of sp³-hybridized carbons (Fsp3) is 0.471. The first-order chi connectivity index (χ1) is 11.4. The molecule has 1 aromatic carbocycles. The molecule has 1 heterocycles. The van der Waals surface area contributed by atoms with Gasteiger partial charge in [-0.1, -0.05) is 11.6 Å². The summed E-state index contributed by atoms with van der Waals surface area (Å²) in [5.74, 6) is 0.275. The van der Waals surface area contributed by atoms with E-state index < -0.39 is 0 Å². The number of ether oxygens (including phenoxy) is 1. The van der Waals surface area contributed by atoms with Crippen LogP contribution in [0.3, 0.4) is 0 Å². The van der Waals surface area contributed by atoms with E-state index >= 15 is 0 Å². The molecule has 1 fully saturated rings. The highest BCUT2D eigenvalue weighted by molar-refractivity contribution is 6.31. The molecule has 0 radical (unpaired) electrons. The van der Waals surface area contributed by atoms with E-state index in [4.69, 9.17) is 16.3 Å². The molecule has 0 N–H and O–H groups in total. The minimum Gasteiger partial charge on any atom is -0.496 e. The van der Waals surface area contributed by atoms with Gasteiger partial charge in [-0.2, -0.15) is 0 Å². The summed E-state index contributed by atoms with van der Waals surface area (Å²) in [6.45, 7) is 3.29. The van der Waals surface area contributed by atoms with Gasteiger partial charge in [0.2, 0.25) is 5.91 Å². The molecule has 1 aliphatic rings. The summed E-state index contributed by atoms with van der Waals surface area (Å²) in [7, 11) is 1.51. The van der Waals surface area contributed by atoms with E-state index in [2.05, 4.69) is 0 Å². The molecule has 0 atom stereocenters. The highest BCUT2D eigenvalue weighted by atomic mass is 35.5. The highest BCUT2D eigenvalue weighted by Gasteiger charge is 2.26. The Morgan fingerprint density at radius 1 is 1.08 bits per heavy atom. The fourth-order valence-electron chi connectivity index (χ4n) is 2.62. The number of benzene rings is 1. The molecule has 0 aromatic heterocycles. The number of amides is 2. The van der Waals surface area contributed by atoms with Crippen molar-refractivity contribution < 1.29 is 19.1 Å². The summed E-state index contributed by atoms with van der Waals surface area (Å²) < 4.78 is 5.22. The average Bonchev–Trinajstić information content (AvgIpc) is 2.59. The molecular formula is C17H21ClN2O4. The lowest BCUT2D eigenvalue weighted by molar-refractivity contribution is -0.134. The van der Waals surface area contributed by atoms with Crippen molar-refractivity contribution in [2.24, 2.45) is 0 Å². The number of carbonyl (C=O) groups excluding carboxylic acids is 3. The number of nitrogens with zero attached hydrogens (tertiary/aromatic N) is 2. The maximum Gasteiger partial charge on any atom is 0.257 e. The predicted octanol–water partition coefficient (Wildman–Crippen LogP) is 2.00. The van der Waals surface area contributed by atoms with Crippen LogP contribution < -0.4 is 4.74 Å². The number of rotatable bonds is 5. The van der Waals surface area contributed by atoms with E-state index in [1.165, 1.54) is 14.0 Å². The number of carbonyl (C=O) groups is 3. The molecule has 0 saturated carbocycles. The minimum atomic E-state index is -0.162. The molecule has 0 aliphatic carbocycles. The van der Waals surface area contributed by atoms with Crippen molar-refractivity contribution >= 4 is 29.2 Å². The van der Waals surface area contributed by atoms with Gasteiger partial charge in [-0.05, 0) is 25.1 Å². The van der Waals surface area contributed by atoms with Crippen molar-refractivity contribution in [3.63, 3.8) is 0 Å². The smallest absolute Gasteiger partial charge is 0.257 e. The van der Waals surface area contributed by atoms with Gasteiger partial charge < -0.3 is 19.3 Å². The number of methoxy groups -OCH3 is 1. The van der Waals surface area contributed by atoms with Crippen molar-refractivity contribution in [3.05, 3.63) is 28.8 Å². The largest absolute Gasteiger partial charge is 0.496 e. The lowest BCUT2D eigenvalue weighted by Crippen LogP contribution is -2.50. The Morgan fingerprint density at radius 3 is 2.29 bits per heavy atom. The van der Waals surface area contributed by atoms with Gasteiger partial charge >= 0.3 is 0 Å². The van der Waals surface area contributed by atoms with Crippen LogP contribution >= 0.6 is 11.6 Å². The molecule has 7 heteroatoms. The van der Waals surface area contributed by atoms with Gasteiger partial charge in [0.1, 0.15) is 11.5 Å². The van der Waals surface area contributed by atoms with Crippen molar-refractivity contribution in [3.8, 4) is 5.75 Å². The number of piperazine rings is 1. The molecule has 24 heavy (non-hydrogen) atoms. The third kappa shape index (κ3) is 4.47. The van der Waals surface area contributed by atoms with E-state index in [0.717, 1.165) is 0 Å². The van der Waals surface area contributed by atoms with Crippen LogP contribution in [0.25, 0.3) is 0 Å². The Hall–Kier alpha value is -2.08. The standard InChI is InChI=1S/C17H21ClN2O4/c1-12(21)3-6-16(22)19-7-9-20(10-8-19)17(23)14-11-13(18)4-5-15(14)24-2/h4-5,11H,3,6-10H2,1-2H3. The Labute approximate surface area is 146 Å². The van der Waals surface area contributed by atoms with Crippen LogP contribution in [0.2, 0.25) is 5.02 Å². The second kappa shape index (κ2) is 8.15. The summed E-state index contributed by atoms with van der Waals surface area (Å²) in [6, 6.07) is 4.92. The lowest BCUT2D eigenvalue weighted by Gasteiger charge is -2.35. The second-order valence-corrected chi connectivity index (χ2v) is 6.16. The molecule has 6 nitrogen and oxygen atoms in total. The molecule has 0 spiro atoms. The van der Waals surface area contributed by atoms with Gasteiger partial charge in [-0.15, -0.1) is 0 Å². The quantitative estimate of drug-likeness (QED) is 0.813. The van der Waals surface area contributed by atoms with Gasteiger partial charge in [-0.25, -0.2) is 0 Å². The van der Waals surface area contributed by atoms with Crippen LogP contribution in [-0.4, -0.2) is 60.7 Å². The molecule has 1 saturated heterocycles. The van der Waals surface area contributed by atoms with Gasteiger partial charge in [0.25, 0.3) is 5.91 Å². The van der Waals surface area contributed by atoms with Crippen LogP contribution in [0, 0.1) is 0 Å². The summed E-state index contributed by atoms with van der Waals surface area (Å²) in [6.07, 6.45) is 0.489. The monoisotopic (exact) mass is 352 g/mol. The van der Waals surface area contributed by atoms with Crippen LogP contribution in [-0.2, 0) is 9.59 Å². The number of ketones is 1. The van der Waals surface area contributed by atoms with Crippen molar-refractivity contribution in [1.29, 1.82) is 0 Å². The SMILES string of the molecule is COc1ccc(Cl)cc1C(=O)N1CCN(C(=O)CCC(C)=O)CC1. The van der Waals surface area contributed by atoms with E-state index in [-0.39, 0.29) is 30.4 Å². The number of Topliss-reactive ketones (excluding diaryl/α,β-unsaturated/α-hetero) is 1. The zero-order chi connectivity index (χ0) is 17.7.